The summed E-state index contributed by atoms with van der Waals surface area (Å²) in [4.78, 5) is 4.47. The van der Waals surface area contributed by atoms with Crippen molar-refractivity contribution in [1.82, 2.24) is 9.80 Å². The van der Waals surface area contributed by atoms with Gasteiger partial charge in [-0.15, -0.1) is 11.4 Å². The number of rotatable bonds is 2. The van der Waals surface area contributed by atoms with Crippen molar-refractivity contribution in [2.24, 2.45) is 0 Å². The van der Waals surface area contributed by atoms with Crippen molar-refractivity contribution in [3.63, 3.8) is 0 Å². The smallest absolute Gasteiger partial charge is 0.488 e. The first-order chi connectivity index (χ1) is 18.2. The molecule has 10 heteroatoms. The van der Waals surface area contributed by atoms with Crippen LogP contribution in [0.25, 0.3) is 22.6 Å². The van der Waals surface area contributed by atoms with Gasteiger partial charge in [-0.25, -0.2) is 0 Å². The van der Waals surface area contributed by atoms with Crippen LogP contribution in [0.2, 0.25) is 0 Å². The van der Waals surface area contributed by atoms with Crippen LogP contribution >= 0.6 is 15.9 Å². The first-order valence-electron chi connectivity index (χ1n) is 12.5. The van der Waals surface area contributed by atoms with E-state index in [1.165, 1.54) is 33.4 Å². The average molecular weight is 1040 g/mol. The zero-order valence-electron chi connectivity index (χ0n) is 22.8. The van der Waals surface area contributed by atoms with Gasteiger partial charge < -0.3 is 21.5 Å². The normalized spacial score (nSPS) is 13.0. The predicted molar refractivity (Wildman–Crippen MR) is 167 cm³/mol. The van der Waals surface area contributed by atoms with Gasteiger partial charge in [0.25, 0.3) is 0 Å². The Morgan fingerprint density at radius 3 is 1.56 bits per heavy atom. The van der Waals surface area contributed by atoms with Gasteiger partial charge in [0.05, 0.1) is 0 Å². The van der Waals surface area contributed by atoms with Gasteiger partial charge in [0.1, 0.15) is 0 Å². The molecule has 41 heavy (non-hydrogen) atoms. The maximum atomic E-state index is 8.58. The molecule has 4 aromatic rings. The molecule has 0 atom stereocenters. The Labute approximate surface area is 325 Å². The van der Waals surface area contributed by atoms with Crippen molar-refractivity contribution in [1.29, 1.82) is 0 Å². The van der Waals surface area contributed by atoms with Crippen molar-refractivity contribution in [2.45, 2.75) is 33.6 Å². The van der Waals surface area contributed by atoms with E-state index in [0.717, 1.165) is 30.7 Å². The van der Waals surface area contributed by atoms with Gasteiger partial charge in [0.15, 0.2) is 0 Å². The van der Waals surface area contributed by atoms with E-state index in [2.05, 4.69) is 70.2 Å². The summed E-state index contributed by atoms with van der Waals surface area (Å²) in [5.74, 6) is 0. The zero-order valence-corrected chi connectivity index (χ0v) is 33.9. The Morgan fingerprint density at radius 1 is 0.634 bits per heavy atom. The molecule has 6 rings (SSSR count). The van der Waals surface area contributed by atoms with E-state index in [0.29, 0.717) is 16.8 Å². The van der Waals surface area contributed by atoms with E-state index < -0.39 is 7.12 Å². The fraction of sp³-hybridized carbons (Fsp3) is 0.226. The predicted octanol–water partition coefficient (Wildman–Crippen LogP) is 7.06. The van der Waals surface area contributed by atoms with Crippen LogP contribution in [-0.4, -0.2) is 41.1 Å². The molecule has 0 saturated carbocycles. The van der Waals surface area contributed by atoms with Crippen LogP contribution < -0.4 is 5.46 Å². The monoisotopic (exact) mass is 1040 g/mol. The summed E-state index contributed by atoms with van der Waals surface area (Å²) in [6, 6.07) is 26.9. The molecule has 0 fully saturated rings. The van der Waals surface area contributed by atoms with E-state index in [-0.39, 0.29) is 95.6 Å². The van der Waals surface area contributed by atoms with Gasteiger partial charge in [-0.3, -0.25) is 9.80 Å². The molecule has 0 unspecified atom stereocenters. The molecule has 0 spiro atoms. The molecule has 4 N–H and O–H groups in total. The molecule has 2 aliphatic rings. The minimum atomic E-state index is -1.34. The zero-order chi connectivity index (χ0) is 27.2. The first kappa shape index (κ1) is 38.8. The Kier molecular flexibility index (Phi) is 17.5. The van der Waals surface area contributed by atoms with E-state index in [9.17, 15) is 0 Å². The number of halogens is 1. The van der Waals surface area contributed by atoms with Crippen molar-refractivity contribution < 1.29 is 98.2 Å². The SMILES string of the molecule is C.CN1Cc2c([NH-])ccc(-c3ccccc3)c2C1.CN1Cc2c([NH-])ccc(Br)c2C1.OB(O)c1ccccc1.[Ac].[Ac]. The fourth-order valence-electron chi connectivity index (χ4n) is 4.77. The molecule has 2 radical (unpaired) electrons. The van der Waals surface area contributed by atoms with Gasteiger partial charge in [0.2, 0.25) is 0 Å². The number of hydrogen-bond donors (Lipinski definition) is 2. The Balaban J connectivity index is 0.000000312. The summed E-state index contributed by atoms with van der Waals surface area (Å²) < 4.78 is 1.14. The van der Waals surface area contributed by atoms with Crippen molar-refractivity contribution in [3.8, 4) is 11.1 Å². The Hall–Kier alpha value is -0.252. The second-order valence-electron chi connectivity index (χ2n) is 9.66. The van der Waals surface area contributed by atoms with E-state index in [1.807, 2.05) is 30.3 Å². The second-order valence-corrected chi connectivity index (χ2v) is 10.5. The van der Waals surface area contributed by atoms with Crippen LogP contribution in [0.5, 0.6) is 0 Å². The van der Waals surface area contributed by atoms with Crippen LogP contribution in [0, 0.1) is 88.1 Å². The molecule has 2 aliphatic heterocycles. The molecular weight excluding hydrogens is 1010 g/mol. The summed E-state index contributed by atoms with van der Waals surface area (Å²) in [5, 5.41) is 17.2. The Bertz CT molecular complexity index is 1350. The molecule has 0 aliphatic carbocycles. The number of hydrogen-bond acceptors (Lipinski definition) is 4. The molecule has 4 aromatic carbocycles. The molecule has 0 bridgehead atoms. The van der Waals surface area contributed by atoms with Crippen molar-refractivity contribution in [3.05, 3.63) is 123 Å². The fourth-order valence-corrected chi connectivity index (χ4v) is 5.27. The van der Waals surface area contributed by atoms with Crippen LogP contribution in [0.15, 0.2) is 89.4 Å². The maximum absolute atomic E-state index is 8.58. The number of benzene rings is 4. The molecule has 2 heterocycles. The van der Waals surface area contributed by atoms with Crippen LogP contribution in [0.1, 0.15) is 29.7 Å². The third kappa shape index (κ3) is 10.4. The van der Waals surface area contributed by atoms with Crippen molar-refractivity contribution in [2.75, 3.05) is 14.1 Å². The number of fused-ring (bicyclic) bond motifs is 2. The summed E-state index contributed by atoms with van der Waals surface area (Å²) in [6.45, 7) is 3.72. The maximum Gasteiger partial charge on any atom is 0.488 e. The van der Waals surface area contributed by atoms with Gasteiger partial charge in [-0.2, -0.15) is 0 Å². The van der Waals surface area contributed by atoms with Crippen LogP contribution in [0.3, 0.4) is 0 Å². The van der Waals surface area contributed by atoms with Gasteiger partial charge in [-0.05, 0) is 59.0 Å². The second kappa shape index (κ2) is 18.5. The van der Waals surface area contributed by atoms with E-state index in [4.69, 9.17) is 21.5 Å². The molecular formula is C31H36Ac2BBrN4O2-2. The summed E-state index contributed by atoms with van der Waals surface area (Å²) >= 11 is 3.50. The average Bonchev–Trinajstić information content (AvgIpc) is 3.52. The van der Waals surface area contributed by atoms with Crippen LogP contribution in [0.4, 0.5) is 11.4 Å². The third-order valence-corrected chi connectivity index (χ3v) is 7.44. The molecule has 6 nitrogen and oxygen atoms in total. The third-order valence-electron chi connectivity index (χ3n) is 6.70. The molecule has 0 amide bonds. The van der Waals surface area contributed by atoms with E-state index >= 15 is 0 Å². The molecule has 0 aromatic heterocycles. The van der Waals surface area contributed by atoms with Crippen LogP contribution in [-0.2, 0) is 26.2 Å². The van der Waals surface area contributed by atoms with Gasteiger partial charge in [0, 0.05) is 119 Å². The standard InChI is InChI=1S/C15H15N2.C9H10BrN2.C6H7BO2.CH4.2Ac/c1-17-9-13-12(11-5-3-2-4-6-11)7-8-15(16)14(13)10-17;1-12-4-6-7(5-12)9(11)3-2-8(6)10;8-7(9)6-4-2-1-3-5-6;;;/h2-8,16H,9-10H2,1H3;2-3,11H,4-5H2,1H3;1-5,8-9H;1H4;;/q2*-1;;;;. The largest absolute Gasteiger partial charge is 0.698 e. The molecule has 0 saturated heterocycles. The van der Waals surface area contributed by atoms with Gasteiger partial charge in [-0.1, -0.05) is 102 Å². The first-order valence-corrected chi connectivity index (χ1v) is 13.3. The Morgan fingerprint density at radius 2 is 1.07 bits per heavy atom. The quantitative estimate of drug-likeness (QED) is 0.211. The topological polar surface area (TPSA) is 94.5 Å². The minimum absolute atomic E-state index is 0. The summed E-state index contributed by atoms with van der Waals surface area (Å²) in [6.07, 6.45) is 0. The van der Waals surface area contributed by atoms with Gasteiger partial charge >= 0.3 is 7.12 Å². The number of nitrogens with zero attached hydrogens (tertiary/aromatic N) is 2. The van der Waals surface area contributed by atoms with E-state index in [1.54, 1.807) is 24.3 Å². The van der Waals surface area contributed by atoms with Crippen molar-refractivity contribution >= 4 is 39.9 Å². The number of nitrogens with one attached hydrogen (secondary N) is 2. The summed E-state index contributed by atoms with van der Waals surface area (Å²) in [5.41, 5.74) is 25.0. The molecule has 210 valence electrons. The summed E-state index contributed by atoms with van der Waals surface area (Å²) in [7, 11) is 2.84. The minimum Gasteiger partial charge on any atom is -0.698 e.